The summed E-state index contributed by atoms with van der Waals surface area (Å²) in [6.45, 7) is 4.71. The Hall–Kier alpha value is -6.64. The van der Waals surface area contributed by atoms with Gasteiger partial charge in [-0.1, -0.05) is 153 Å². The first-order chi connectivity index (χ1) is 26.1. The molecular weight excluding hydrogens is 643 g/mol. The third-order valence-electron chi connectivity index (χ3n) is 11.1. The molecule has 2 nitrogen and oxygen atoms in total. The molecular formula is C51H37NO. The Bertz CT molecular complexity index is 2810. The number of hydrogen-bond donors (Lipinski definition) is 0. The van der Waals surface area contributed by atoms with Crippen molar-refractivity contribution in [3.8, 4) is 44.5 Å². The van der Waals surface area contributed by atoms with Crippen molar-refractivity contribution in [1.29, 1.82) is 0 Å². The zero-order valence-corrected chi connectivity index (χ0v) is 29.8. The van der Waals surface area contributed by atoms with Crippen molar-refractivity contribution in [3.05, 3.63) is 199 Å². The Labute approximate surface area is 310 Å². The van der Waals surface area contributed by atoms with Gasteiger partial charge in [0, 0.05) is 33.1 Å². The quantitative estimate of drug-likeness (QED) is 0.174. The molecule has 0 amide bonds. The number of nitrogens with zero attached hydrogens (tertiary/aromatic N) is 1. The standard InChI is InChI=1S/C51H37NO/c1-51(2)45-25-13-11-22-40(45)41-30-29-37(33-46(41)51)52(36-18-7-4-8-19-36)47-26-15-24-43(39-21-10-9-20-38(39)34-16-5-3-6-17-34)50(47)35-28-31-49-44(32-35)42-23-12-14-27-48(42)53-49/h3-33H,1-2H3. The summed E-state index contributed by atoms with van der Waals surface area (Å²) in [7, 11) is 0. The molecule has 0 N–H and O–H groups in total. The Morgan fingerprint density at radius 1 is 0.396 bits per heavy atom. The van der Waals surface area contributed by atoms with E-state index in [0.717, 1.165) is 50.1 Å². The SMILES string of the molecule is CC1(C)c2ccccc2-c2ccc(N(c3ccccc3)c3cccc(-c4ccccc4-c4ccccc4)c3-c3ccc4oc5ccccc5c4c3)cc21. The van der Waals surface area contributed by atoms with Crippen LogP contribution in [0.4, 0.5) is 17.1 Å². The predicted molar refractivity (Wildman–Crippen MR) is 222 cm³/mol. The molecule has 0 unspecified atom stereocenters. The number of anilines is 3. The summed E-state index contributed by atoms with van der Waals surface area (Å²) in [6, 6.07) is 68.0. The highest BCUT2D eigenvalue weighted by Crippen LogP contribution is 2.52. The van der Waals surface area contributed by atoms with Crippen LogP contribution in [0.5, 0.6) is 0 Å². The number of benzene rings is 8. The fourth-order valence-corrected chi connectivity index (χ4v) is 8.56. The molecule has 0 spiro atoms. The Kier molecular flexibility index (Phi) is 7.19. The maximum absolute atomic E-state index is 6.33. The molecule has 53 heavy (non-hydrogen) atoms. The third-order valence-corrected chi connectivity index (χ3v) is 11.1. The first kappa shape index (κ1) is 31.1. The fourth-order valence-electron chi connectivity index (χ4n) is 8.56. The van der Waals surface area contributed by atoms with Crippen LogP contribution in [-0.2, 0) is 5.41 Å². The predicted octanol–water partition coefficient (Wildman–Crippen LogP) is 14.4. The molecule has 1 aliphatic carbocycles. The average Bonchev–Trinajstić information content (AvgIpc) is 3.70. The largest absolute Gasteiger partial charge is 0.456 e. The summed E-state index contributed by atoms with van der Waals surface area (Å²) in [6.07, 6.45) is 0. The normalized spacial score (nSPS) is 12.9. The van der Waals surface area contributed by atoms with Crippen LogP contribution < -0.4 is 4.90 Å². The topological polar surface area (TPSA) is 16.4 Å². The van der Waals surface area contributed by atoms with Crippen molar-refractivity contribution >= 4 is 39.0 Å². The van der Waals surface area contributed by atoms with Gasteiger partial charge in [0.2, 0.25) is 0 Å². The monoisotopic (exact) mass is 679 g/mol. The number of fused-ring (bicyclic) bond motifs is 6. The summed E-state index contributed by atoms with van der Waals surface area (Å²) < 4.78 is 6.33. The molecule has 0 aliphatic heterocycles. The van der Waals surface area contributed by atoms with Gasteiger partial charge in [-0.25, -0.2) is 0 Å². The Morgan fingerprint density at radius 3 is 1.87 bits per heavy atom. The minimum absolute atomic E-state index is 0.128. The fraction of sp³-hybridized carbons (Fsp3) is 0.0588. The second-order valence-electron chi connectivity index (χ2n) is 14.5. The van der Waals surface area contributed by atoms with Crippen molar-refractivity contribution in [2.45, 2.75) is 19.3 Å². The van der Waals surface area contributed by atoms with Crippen molar-refractivity contribution in [2.75, 3.05) is 4.90 Å². The molecule has 2 heteroatoms. The van der Waals surface area contributed by atoms with E-state index in [0.29, 0.717) is 0 Å². The van der Waals surface area contributed by atoms with E-state index < -0.39 is 0 Å². The molecule has 0 saturated heterocycles. The van der Waals surface area contributed by atoms with Crippen LogP contribution in [0.15, 0.2) is 192 Å². The number of para-hydroxylation sites is 2. The van der Waals surface area contributed by atoms with Gasteiger partial charge in [-0.3, -0.25) is 0 Å². The molecule has 252 valence electrons. The summed E-state index contributed by atoms with van der Waals surface area (Å²) >= 11 is 0. The Morgan fingerprint density at radius 2 is 1.04 bits per heavy atom. The molecule has 1 aliphatic rings. The zero-order chi connectivity index (χ0) is 35.5. The second-order valence-corrected chi connectivity index (χ2v) is 14.5. The van der Waals surface area contributed by atoms with E-state index in [9.17, 15) is 0 Å². The summed E-state index contributed by atoms with van der Waals surface area (Å²) in [5.74, 6) is 0. The van der Waals surface area contributed by atoms with Gasteiger partial charge in [-0.05, 0) is 98.6 Å². The maximum Gasteiger partial charge on any atom is 0.135 e. The summed E-state index contributed by atoms with van der Waals surface area (Å²) in [5, 5.41) is 2.23. The molecule has 10 rings (SSSR count). The van der Waals surface area contributed by atoms with Gasteiger partial charge in [-0.15, -0.1) is 0 Å². The molecule has 0 fully saturated rings. The molecule has 1 heterocycles. The van der Waals surface area contributed by atoms with Crippen molar-refractivity contribution < 1.29 is 4.42 Å². The van der Waals surface area contributed by atoms with Gasteiger partial charge >= 0.3 is 0 Å². The number of rotatable bonds is 6. The molecule has 1 aromatic heterocycles. The van der Waals surface area contributed by atoms with Gasteiger partial charge < -0.3 is 9.32 Å². The lowest BCUT2D eigenvalue weighted by Crippen LogP contribution is -2.17. The summed E-state index contributed by atoms with van der Waals surface area (Å²) in [4.78, 5) is 2.45. The van der Waals surface area contributed by atoms with Crippen molar-refractivity contribution in [1.82, 2.24) is 0 Å². The molecule has 0 radical (unpaired) electrons. The van der Waals surface area contributed by atoms with E-state index in [2.05, 4.69) is 201 Å². The van der Waals surface area contributed by atoms with Crippen LogP contribution in [0.25, 0.3) is 66.4 Å². The second kappa shape index (κ2) is 12.3. The lowest BCUT2D eigenvalue weighted by atomic mass is 9.82. The minimum atomic E-state index is -0.128. The third kappa shape index (κ3) is 5.02. The van der Waals surface area contributed by atoms with Crippen LogP contribution in [0.3, 0.4) is 0 Å². The van der Waals surface area contributed by atoms with Gasteiger partial charge in [0.05, 0.1) is 5.69 Å². The summed E-state index contributed by atoms with van der Waals surface area (Å²) in [5.41, 5.74) is 17.4. The van der Waals surface area contributed by atoms with Crippen LogP contribution in [0, 0.1) is 0 Å². The Balaban J connectivity index is 1.27. The average molecular weight is 680 g/mol. The minimum Gasteiger partial charge on any atom is -0.456 e. The van der Waals surface area contributed by atoms with Crippen LogP contribution in [-0.4, -0.2) is 0 Å². The highest BCUT2D eigenvalue weighted by molar-refractivity contribution is 6.08. The molecule has 8 aromatic carbocycles. The van der Waals surface area contributed by atoms with E-state index in [1.54, 1.807) is 0 Å². The van der Waals surface area contributed by atoms with Gasteiger partial charge in [0.15, 0.2) is 0 Å². The van der Waals surface area contributed by atoms with E-state index in [1.807, 2.05) is 6.07 Å². The van der Waals surface area contributed by atoms with Gasteiger partial charge in [0.25, 0.3) is 0 Å². The molecule has 9 aromatic rings. The first-order valence-electron chi connectivity index (χ1n) is 18.4. The van der Waals surface area contributed by atoms with E-state index in [4.69, 9.17) is 4.42 Å². The number of hydrogen-bond acceptors (Lipinski definition) is 2. The van der Waals surface area contributed by atoms with Gasteiger partial charge in [0.1, 0.15) is 11.2 Å². The van der Waals surface area contributed by atoms with Gasteiger partial charge in [-0.2, -0.15) is 0 Å². The van der Waals surface area contributed by atoms with Crippen molar-refractivity contribution in [3.63, 3.8) is 0 Å². The lowest BCUT2D eigenvalue weighted by molar-refractivity contribution is 0.660. The van der Waals surface area contributed by atoms with Crippen LogP contribution in [0.2, 0.25) is 0 Å². The first-order valence-corrected chi connectivity index (χ1v) is 18.4. The molecule has 0 bridgehead atoms. The van der Waals surface area contributed by atoms with Crippen molar-refractivity contribution in [2.24, 2.45) is 0 Å². The van der Waals surface area contributed by atoms with Crippen LogP contribution in [0.1, 0.15) is 25.0 Å². The smallest absolute Gasteiger partial charge is 0.135 e. The van der Waals surface area contributed by atoms with Crippen LogP contribution >= 0.6 is 0 Å². The molecule has 0 atom stereocenters. The molecule has 0 saturated carbocycles. The highest BCUT2D eigenvalue weighted by Gasteiger charge is 2.36. The number of furan rings is 1. The maximum atomic E-state index is 6.33. The van der Waals surface area contributed by atoms with E-state index >= 15 is 0 Å². The zero-order valence-electron chi connectivity index (χ0n) is 29.8. The van der Waals surface area contributed by atoms with E-state index in [-0.39, 0.29) is 5.41 Å². The lowest BCUT2D eigenvalue weighted by Gasteiger charge is -2.31. The van der Waals surface area contributed by atoms with E-state index in [1.165, 1.54) is 44.5 Å². The highest BCUT2D eigenvalue weighted by atomic mass is 16.3.